The van der Waals surface area contributed by atoms with Crippen LogP contribution >= 0.6 is 12.0 Å². The molecule has 1 unspecified atom stereocenters. The van der Waals surface area contributed by atoms with Crippen LogP contribution in [0.15, 0.2) is 30.3 Å². The monoisotopic (exact) mass is 413 g/mol. The molecule has 1 aromatic rings. The molecule has 1 fully saturated rings. The van der Waals surface area contributed by atoms with Gasteiger partial charge in [0.05, 0.1) is 7.11 Å². The van der Waals surface area contributed by atoms with E-state index in [0.717, 1.165) is 24.5 Å². The molecule has 0 saturated carbocycles. The van der Waals surface area contributed by atoms with Gasteiger partial charge in [0.2, 0.25) is 0 Å². The van der Waals surface area contributed by atoms with Crippen molar-refractivity contribution in [2.45, 2.75) is 39.0 Å². The average molecular weight is 414 g/mol. The fourth-order valence-corrected chi connectivity index (χ4v) is 2.58. The molecule has 6 nitrogen and oxygen atoms in total. The van der Waals surface area contributed by atoms with E-state index < -0.39 is 0 Å². The van der Waals surface area contributed by atoms with Gasteiger partial charge in [-0.15, -0.1) is 4.33 Å². The molecule has 1 heterocycles. The third-order valence-electron chi connectivity index (χ3n) is 3.54. The largest absolute Gasteiger partial charge is 1.00 e. The summed E-state index contributed by atoms with van der Waals surface area (Å²) in [4.78, 5) is 4.26. The minimum atomic E-state index is 0. The van der Waals surface area contributed by atoms with Crippen molar-refractivity contribution >= 4 is 12.0 Å². The van der Waals surface area contributed by atoms with Crippen LogP contribution in [-0.4, -0.2) is 49.4 Å². The molecule has 0 bridgehead atoms. The van der Waals surface area contributed by atoms with Crippen LogP contribution in [0.5, 0.6) is 0 Å². The number of hydrogen-bond acceptors (Lipinski definition) is 7. The van der Waals surface area contributed by atoms with Gasteiger partial charge in [-0.25, -0.2) is 4.89 Å². The summed E-state index contributed by atoms with van der Waals surface area (Å²) >= 11 is 1.25. The van der Waals surface area contributed by atoms with Crippen LogP contribution in [0.25, 0.3) is 0 Å². The van der Waals surface area contributed by atoms with Crippen LogP contribution in [0, 0.1) is 5.92 Å². The van der Waals surface area contributed by atoms with Gasteiger partial charge in [0, 0.05) is 31.0 Å². The minimum Gasteiger partial charge on any atom is -1.00 e. The molecule has 0 aliphatic carbocycles. The van der Waals surface area contributed by atoms with Gasteiger partial charge < -0.3 is 17.0 Å². The Morgan fingerprint density at radius 2 is 1.89 bits per heavy atom. The van der Waals surface area contributed by atoms with E-state index >= 15 is 0 Å². The summed E-state index contributed by atoms with van der Waals surface area (Å²) in [5, 5.41) is 23.4. The molecular formula is C19H36NNaO5S. The maximum Gasteiger partial charge on any atom is 1.00 e. The van der Waals surface area contributed by atoms with Crippen LogP contribution in [0.3, 0.4) is 0 Å². The van der Waals surface area contributed by atoms with Gasteiger partial charge in [0.15, 0.2) is 0 Å². The maximum absolute atomic E-state index is 7.91. The van der Waals surface area contributed by atoms with Crippen LogP contribution in [0.1, 0.15) is 39.6 Å². The van der Waals surface area contributed by atoms with Gasteiger partial charge in [0.25, 0.3) is 0 Å². The number of aryl methyl sites for hydroxylation is 1. The molecule has 27 heavy (non-hydrogen) atoms. The standard InChI is InChI=1S/C10H14O3S.C6H13N.C3H8O2.Na.H/c1-11-12-13-14-9-5-8-10-6-3-2-4-7-10;1-6-3-2-4-7-5-6;4-2-1-3-5;;/h2-4,6-7H,5,8-9H2,1H3;6-7H,2-5H2,1H3;4-5H,1-3H2;;/q;;;+1;-1. The predicted molar refractivity (Wildman–Crippen MR) is 108 cm³/mol. The molecule has 1 aliphatic rings. The molecule has 1 aromatic carbocycles. The van der Waals surface area contributed by atoms with Gasteiger partial charge in [-0.05, 0) is 56.7 Å². The minimum absolute atomic E-state index is 0. The summed E-state index contributed by atoms with van der Waals surface area (Å²) in [5.74, 6) is 1.81. The number of nitrogens with one attached hydrogen (secondary N) is 1. The number of hydrogen-bond donors (Lipinski definition) is 3. The Kier molecular flexibility index (Phi) is 26.7. The summed E-state index contributed by atoms with van der Waals surface area (Å²) < 4.78 is 4.62. The normalized spacial score (nSPS) is 15.5. The van der Waals surface area contributed by atoms with E-state index in [-0.39, 0.29) is 44.2 Å². The van der Waals surface area contributed by atoms with Crippen LogP contribution in [-0.2, 0) is 20.7 Å². The molecule has 0 aromatic heterocycles. The van der Waals surface area contributed by atoms with Crippen LogP contribution in [0.2, 0.25) is 0 Å². The second kappa shape index (κ2) is 24.4. The first kappa shape index (κ1) is 29.5. The zero-order valence-corrected chi connectivity index (χ0v) is 19.9. The van der Waals surface area contributed by atoms with Crippen molar-refractivity contribution in [3.05, 3.63) is 35.9 Å². The van der Waals surface area contributed by atoms with Gasteiger partial charge in [0.1, 0.15) is 0 Å². The van der Waals surface area contributed by atoms with E-state index in [9.17, 15) is 0 Å². The molecule has 0 amide bonds. The summed E-state index contributed by atoms with van der Waals surface area (Å²) in [6.07, 6.45) is 5.42. The Morgan fingerprint density at radius 1 is 1.19 bits per heavy atom. The molecule has 0 spiro atoms. The first-order valence-electron chi connectivity index (χ1n) is 9.19. The van der Waals surface area contributed by atoms with E-state index in [2.05, 4.69) is 38.6 Å². The molecule has 1 atom stereocenters. The van der Waals surface area contributed by atoms with Gasteiger partial charge in [-0.2, -0.15) is 0 Å². The number of benzene rings is 1. The summed E-state index contributed by atoms with van der Waals surface area (Å²) in [6.45, 7) is 4.96. The Balaban J connectivity index is -0.000000377. The SMILES string of the molecule is CC1CCCNC1.COOOSCCCc1ccccc1.OCCCO.[H-].[Na+]. The van der Waals surface area contributed by atoms with Crippen LogP contribution in [0.4, 0.5) is 0 Å². The van der Waals surface area contributed by atoms with Crippen molar-refractivity contribution in [1.29, 1.82) is 0 Å². The third-order valence-corrected chi connectivity index (χ3v) is 4.15. The van der Waals surface area contributed by atoms with Crippen molar-refractivity contribution in [2.75, 3.05) is 39.2 Å². The fourth-order valence-electron chi connectivity index (χ4n) is 2.16. The van der Waals surface area contributed by atoms with Crippen molar-refractivity contribution in [3.63, 3.8) is 0 Å². The Hall–Kier alpha value is 0.330. The molecule has 8 heteroatoms. The molecule has 3 N–H and O–H groups in total. The number of aliphatic hydroxyl groups excluding tert-OH is 2. The van der Waals surface area contributed by atoms with Gasteiger partial charge >= 0.3 is 29.6 Å². The molecule has 154 valence electrons. The third kappa shape index (κ3) is 22.5. The topological polar surface area (TPSA) is 80.2 Å². The molecule has 1 saturated heterocycles. The molecular weight excluding hydrogens is 377 g/mol. The summed E-state index contributed by atoms with van der Waals surface area (Å²) in [6, 6.07) is 10.4. The predicted octanol–water partition coefficient (Wildman–Crippen LogP) is 0.261. The zero-order chi connectivity index (χ0) is 19.3. The Morgan fingerprint density at radius 3 is 2.33 bits per heavy atom. The molecule has 1 aliphatic heterocycles. The molecule has 0 radical (unpaired) electrons. The second-order valence-electron chi connectivity index (χ2n) is 5.97. The number of rotatable bonds is 9. The van der Waals surface area contributed by atoms with Gasteiger partial charge in [-0.1, -0.05) is 42.3 Å². The van der Waals surface area contributed by atoms with Crippen molar-refractivity contribution in [3.8, 4) is 0 Å². The quantitative estimate of drug-likeness (QED) is 0.176. The summed E-state index contributed by atoms with van der Waals surface area (Å²) in [7, 11) is 1.41. The van der Waals surface area contributed by atoms with Crippen LogP contribution < -0.4 is 34.9 Å². The van der Waals surface area contributed by atoms with Crippen molar-refractivity contribution < 1.29 is 55.5 Å². The second-order valence-corrected chi connectivity index (χ2v) is 6.75. The fraction of sp³-hybridized carbons (Fsp3) is 0.684. The van der Waals surface area contributed by atoms with Crippen molar-refractivity contribution in [2.24, 2.45) is 5.92 Å². The molecule has 2 rings (SSSR count). The maximum atomic E-state index is 7.91. The smallest absolute Gasteiger partial charge is 1.00 e. The van der Waals surface area contributed by atoms with E-state index in [1.54, 1.807) is 0 Å². The van der Waals surface area contributed by atoms with E-state index in [0.29, 0.717) is 6.42 Å². The first-order chi connectivity index (χ1) is 12.7. The first-order valence-corrected chi connectivity index (χ1v) is 10.1. The number of piperidine rings is 1. The van der Waals surface area contributed by atoms with Crippen molar-refractivity contribution in [1.82, 2.24) is 5.32 Å². The Bertz CT molecular complexity index is 388. The average Bonchev–Trinajstić information content (AvgIpc) is 2.68. The van der Waals surface area contributed by atoms with E-state index in [1.165, 1.54) is 50.6 Å². The zero-order valence-electron chi connectivity index (χ0n) is 18.1. The number of aliphatic hydroxyl groups is 2. The van der Waals surface area contributed by atoms with E-state index in [1.807, 2.05) is 18.2 Å². The Labute approximate surface area is 192 Å². The summed E-state index contributed by atoms with van der Waals surface area (Å²) in [5.41, 5.74) is 1.35. The van der Waals surface area contributed by atoms with E-state index in [4.69, 9.17) is 10.2 Å². The van der Waals surface area contributed by atoms with Gasteiger partial charge in [-0.3, -0.25) is 0 Å².